The zero-order chi connectivity index (χ0) is 24.5. The molecule has 1 heterocycles. The molecule has 3 rings (SSSR count). The van der Waals surface area contributed by atoms with Crippen LogP contribution in [-0.2, 0) is 24.5 Å². The number of benzene rings is 2. The first-order valence-corrected chi connectivity index (χ1v) is 12.5. The normalized spacial score (nSPS) is 11.0. The summed E-state index contributed by atoms with van der Waals surface area (Å²) in [6.45, 7) is 6.10. The van der Waals surface area contributed by atoms with E-state index in [0.29, 0.717) is 24.8 Å². The van der Waals surface area contributed by atoms with Gasteiger partial charge in [-0.05, 0) is 42.2 Å². The fraction of sp³-hybridized carbons (Fsp3) is 0.423. The molecule has 0 fully saturated rings. The summed E-state index contributed by atoms with van der Waals surface area (Å²) in [4.78, 5) is 16.6. The minimum atomic E-state index is 0.0576. The van der Waals surface area contributed by atoms with E-state index in [0.717, 1.165) is 40.9 Å². The number of aromatic nitrogens is 3. The molecule has 0 aliphatic heterocycles. The van der Waals surface area contributed by atoms with Crippen molar-refractivity contribution in [1.29, 1.82) is 0 Å². The molecule has 0 saturated carbocycles. The largest absolute Gasteiger partial charge is 0.486 e. The molecule has 0 unspecified atom stereocenters. The van der Waals surface area contributed by atoms with Crippen molar-refractivity contribution in [2.75, 3.05) is 31.8 Å². The van der Waals surface area contributed by atoms with Gasteiger partial charge in [-0.2, -0.15) is 0 Å². The Kier molecular flexibility index (Phi) is 9.39. The number of carbonyl (C=O) groups is 1. The molecule has 1 amide bonds. The molecule has 34 heavy (non-hydrogen) atoms. The van der Waals surface area contributed by atoms with Gasteiger partial charge < -0.3 is 19.1 Å². The summed E-state index contributed by atoms with van der Waals surface area (Å²) >= 11 is 1.43. The molecule has 0 bridgehead atoms. The van der Waals surface area contributed by atoms with Gasteiger partial charge >= 0.3 is 0 Å². The standard InChI is InChI=1S/C26H35N5O2S/c1-20(2)15-16-31-24(18-33-23-9-7-6-8-10-23)27-28-26(31)34-19-25(32)30(5)17-21-11-13-22(14-12-21)29(3)4/h6-14,20H,15-19H2,1-5H3. The van der Waals surface area contributed by atoms with Crippen molar-refractivity contribution in [2.24, 2.45) is 5.92 Å². The average Bonchev–Trinajstić information content (AvgIpc) is 3.22. The third kappa shape index (κ3) is 7.52. The lowest BCUT2D eigenvalue weighted by Crippen LogP contribution is -2.28. The monoisotopic (exact) mass is 481 g/mol. The van der Waals surface area contributed by atoms with Gasteiger partial charge in [0.25, 0.3) is 0 Å². The summed E-state index contributed by atoms with van der Waals surface area (Å²) in [7, 11) is 5.87. The van der Waals surface area contributed by atoms with Crippen LogP contribution < -0.4 is 9.64 Å². The number of nitrogens with zero attached hydrogens (tertiary/aromatic N) is 5. The second-order valence-corrected chi connectivity index (χ2v) is 9.88. The maximum atomic E-state index is 12.8. The maximum absolute atomic E-state index is 12.8. The first-order chi connectivity index (χ1) is 16.3. The molecule has 7 nitrogen and oxygen atoms in total. The van der Waals surface area contributed by atoms with Crippen molar-refractivity contribution in [3.63, 3.8) is 0 Å². The quantitative estimate of drug-likeness (QED) is 0.349. The zero-order valence-electron chi connectivity index (χ0n) is 20.8. The Bertz CT molecular complexity index is 1040. The lowest BCUT2D eigenvalue weighted by atomic mass is 10.1. The molecule has 0 saturated heterocycles. The Balaban J connectivity index is 1.60. The number of ether oxygens (including phenoxy) is 1. The zero-order valence-corrected chi connectivity index (χ0v) is 21.6. The fourth-order valence-corrected chi connectivity index (χ4v) is 4.23. The number of rotatable bonds is 12. The van der Waals surface area contributed by atoms with Crippen molar-refractivity contribution in [3.05, 3.63) is 66.0 Å². The van der Waals surface area contributed by atoms with Crippen molar-refractivity contribution >= 4 is 23.4 Å². The molecule has 0 N–H and O–H groups in total. The molecule has 1 aromatic heterocycles. The van der Waals surface area contributed by atoms with Crippen molar-refractivity contribution in [1.82, 2.24) is 19.7 Å². The first-order valence-electron chi connectivity index (χ1n) is 11.6. The maximum Gasteiger partial charge on any atom is 0.233 e. The van der Waals surface area contributed by atoms with Crippen LogP contribution in [0.15, 0.2) is 59.8 Å². The van der Waals surface area contributed by atoms with Gasteiger partial charge in [-0.25, -0.2) is 0 Å². The predicted octanol–water partition coefficient (Wildman–Crippen LogP) is 4.72. The average molecular weight is 482 g/mol. The highest BCUT2D eigenvalue weighted by Gasteiger charge is 2.17. The van der Waals surface area contributed by atoms with E-state index in [9.17, 15) is 4.79 Å². The Morgan fingerprint density at radius 2 is 1.74 bits per heavy atom. The van der Waals surface area contributed by atoms with Gasteiger partial charge in [0.1, 0.15) is 12.4 Å². The van der Waals surface area contributed by atoms with E-state index in [2.05, 4.69) is 57.8 Å². The van der Waals surface area contributed by atoms with E-state index < -0.39 is 0 Å². The Hall–Kier alpha value is -3.00. The minimum absolute atomic E-state index is 0.0576. The predicted molar refractivity (Wildman–Crippen MR) is 138 cm³/mol. The topological polar surface area (TPSA) is 63.5 Å². The van der Waals surface area contributed by atoms with E-state index in [1.165, 1.54) is 11.8 Å². The van der Waals surface area contributed by atoms with E-state index in [1.807, 2.05) is 51.5 Å². The van der Waals surface area contributed by atoms with E-state index >= 15 is 0 Å². The Morgan fingerprint density at radius 1 is 1.03 bits per heavy atom. The molecular weight excluding hydrogens is 446 g/mol. The first kappa shape index (κ1) is 25.6. The third-order valence-electron chi connectivity index (χ3n) is 5.46. The minimum Gasteiger partial charge on any atom is -0.486 e. The number of thioether (sulfide) groups is 1. The number of para-hydroxylation sites is 1. The Labute approximate surface area is 207 Å². The van der Waals surface area contributed by atoms with Crippen LogP contribution in [0.25, 0.3) is 0 Å². The van der Waals surface area contributed by atoms with Crippen molar-refractivity contribution in [3.8, 4) is 5.75 Å². The highest BCUT2D eigenvalue weighted by molar-refractivity contribution is 7.99. The summed E-state index contributed by atoms with van der Waals surface area (Å²) in [5, 5.41) is 9.48. The molecule has 182 valence electrons. The highest BCUT2D eigenvalue weighted by atomic mass is 32.2. The number of anilines is 1. The molecule has 0 spiro atoms. The van der Waals surface area contributed by atoms with Gasteiger partial charge in [0.05, 0.1) is 5.75 Å². The smallest absolute Gasteiger partial charge is 0.233 e. The lowest BCUT2D eigenvalue weighted by Gasteiger charge is -2.18. The van der Waals surface area contributed by atoms with Crippen LogP contribution in [-0.4, -0.2) is 52.5 Å². The van der Waals surface area contributed by atoms with Crippen LogP contribution >= 0.6 is 11.8 Å². The highest BCUT2D eigenvalue weighted by Crippen LogP contribution is 2.21. The number of hydrogen-bond acceptors (Lipinski definition) is 6. The second kappa shape index (κ2) is 12.5. The number of carbonyl (C=O) groups excluding carboxylic acids is 1. The molecule has 8 heteroatoms. The molecule has 0 atom stereocenters. The van der Waals surface area contributed by atoms with Crippen molar-refractivity contribution < 1.29 is 9.53 Å². The van der Waals surface area contributed by atoms with Crippen LogP contribution in [0.1, 0.15) is 31.7 Å². The molecule has 0 aliphatic rings. The number of amides is 1. The van der Waals surface area contributed by atoms with Gasteiger partial charge in [-0.3, -0.25) is 4.79 Å². The molecule has 3 aromatic rings. The summed E-state index contributed by atoms with van der Waals surface area (Å²) in [5.41, 5.74) is 2.24. The summed E-state index contributed by atoms with van der Waals surface area (Å²) in [5.74, 6) is 2.49. The van der Waals surface area contributed by atoms with Crippen LogP contribution in [0.4, 0.5) is 5.69 Å². The van der Waals surface area contributed by atoms with Crippen LogP contribution in [0.5, 0.6) is 5.75 Å². The van der Waals surface area contributed by atoms with Gasteiger partial charge in [0, 0.05) is 39.9 Å². The summed E-state index contributed by atoms with van der Waals surface area (Å²) in [6, 6.07) is 18.0. The van der Waals surface area contributed by atoms with Crippen molar-refractivity contribution in [2.45, 2.75) is 45.1 Å². The van der Waals surface area contributed by atoms with Crippen LogP contribution in [0.2, 0.25) is 0 Å². The molecule has 0 aliphatic carbocycles. The fourth-order valence-electron chi connectivity index (χ4n) is 3.31. The molecule has 2 aromatic carbocycles. The van der Waals surface area contributed by atoms with Gasteiger partial charge in [0.2, 0.25) is 5.91 Å². The lowest BCUT2D eigenvalue weighted by molar-refractivity contribution is -0.127. The van der Waals surface area contributed by atoms with Gasteiger partial charge in [0.15, 0.2) is 11.0 Å². The van der Waals surface area contributed by atoms with Gasteiger partial charge in [-0.15, -0.1) is 10.2 Å². The SMILES string of the molecule is CC(C)CCn1c(COc2ccccc2)nnc1SCC(=O)N(C)Cc1ccc(N(C)C)cc1. The van der Waals surface area contributed by atoms with Crippen LogP contribution in [0.3, 0.4) is 0 Å². The second-order valence-electron chi connectivity index (χ2n) is 8.93. The number of hydrogen-bond donors (Lipinski definition) is 0. The van der Waals surface area contributed by atoms with E-state index in [4.69, 9.17) is 4.74 Å². The van der Waals surface area contributed by atoms with Gasteiger partial charge in [-0.1, -0.05) is 55.9 Å². The summed E-state index contributed by atoms with van der Waals surface area (Å²) in [6.07, 6.45) is 1.00. The van der Waals surface area contributed by atoms with E-state index in [-0.39, 0.29) is 5.91 Å². The third-order valence-corrected chi connectivity index (χ3v) is 6.41. The van der Waals surface area contributed by atoms with E-state index in [1.54, 1.807) is 4.90 Å². The molecular formula is C26H35N5O2S. The molecule has 0 radical (unpaired) electrons. The van der Waals surface area contributed by atoms with Crippen LogP contribution in [0, 0.1) is 5.92 Å². The Morgan fingerprint density at radius 3 is 2.38 bits per heavy atom. The summed E-state index contributed by atoms with van der Waals surface area (Å²) < 4.78 is 7.98.